The van der Waals surface area contributed by atoms with Gasteiger partial charge in [-0.15, -0.1) is 0 Å². The fraction of sp³-hybridized carbons (Fsp3) is 0.290. The van der Waals surface area contributed by atoms with Gasteiger partial charge >= 0.3 is 5.97 Å². The SMILES string of the molecule is O=C(O)COc1cccc2c1CCC[C@@H]2N1CCCC1c1nc(-c2ccccc2)c(-c2ccccc2)o1. The summed E-state index contributed by atoms with van der Waals surface area (Å²) >= 11 is 0. The molecule has 2 atom stereocenters. The van der Waals surface area contributed by atoms with Crippen LogP contribution in [0.5, 0.6) is 5.75 Å². The summed E-state index contributed by atoms with van der Waals surface area (Å²) in [5.41, 5.74) is 5.31. The number of fused-ring (bicyclic) bond motifs is 1. The molecule has 0 amide bonds. The molecular formula is C31H30N2O4. The fourth-order valence-corrected chi connectivity index (χ4v) is 5.89. The number of carboxylic acid groups (broad SMARTS) is 1. The normalized spacial score (nSPS) is 19.5. The number of carboxylic acids is 1. The van der Waals surface area contributed by atoms with Crippen molar-refractivity contribution in [1.82, 2.24) is 9.88 Å². The third kappa shape index (κ3) is 4.65. The van der Waals surface area contributed by atoms with Crippen molar-refractivity contribution in [2.45, 2.75) is 44.2 Å². The first-order valence-corrected chi connectivity index (χ1v) is 13.0. The Hall–Kier alpha value is -3.90. The highest BCUT2D eigenvalue weighted by molar-refractivity contribution is 5.76. The Balaban J connectivity index is 1.36. The van der Waals surface area contributed by atoms with Gasteiger partial charge in [-0.25, -0.2) is 9.78 Å². The van der Waals surface area contributed by atoms with Gasteiger partial charge in [0.1, 0.15) is 11.4 Å². The summed E-state index contributed by atoms with van der Waals surface area (Å²) in [5.74, 6) is 1.30. The lowest BCUT2D eigenvalue weighted by atomic mass is 9.86. The average molecular weight is 495 g/mol. The zero-order valence-corrected chi connectivity index (χ0v) is 20.7. The van der Waals surface area contributed by atoms with E-state index in [2.05, 4.69) is 35.2 Å². The smallest absolute Gasteiger partial charge is 0.341 e. The van der Waals surface area contributed by atoms with Gasteiger partial charge in [0.05, 0.1) is 6.04 Å². The minimum Gasteiger partial charge on any atom is -0.482 e. The van der Waals surface area contributed by atoms with Crippen molar-refractivity contribution >= 4 is 5.97 Å². The molecular weight excluding hydrogens is 464 g/mol. The Morgan fingerprint density at radius 2 is 1.65 bits per heavy atom. The number of likely N-dealkylation sites (tertiary alicyclic amines) is 1. The van der Waals surface area contributed by atoms with Crippen LogP contribution in [0.25, 0.3) is 22.6 Å². The monoisotopic (exact) mass is 494 g/mol. The van der Waals surface area contributed by atoms with E-state index >= 15 is 0 Å². The first-order valence-electron chi connectivity index (χ1n) is 13.0. The number of aromatic nitrogens is 1. The molecule has 0 spiro atoms. The molecule has 2 heterocycles. The first-order chi connectivity index (χ1) is 18.2. The summed E-state index contributed by atoms with van der Waals surface area (Å²) in [6.45, 7) is 0.646. The molecule has 6 heteroatoms. The molecule has 1 unspecified atom stereocenters. The van der Waals surface area contributed by atoms with Crippen molar-refractivity contribution < 1.29 is 19.1 Å². The molecule has 4 aromatic rings. The van der Waals surface area contributed by atoms with E-state index in [1.54, 1.807) is 0 Å². The molecule has 1 fully saturated rings. The Morgan fingerprint density at radius 3 is 2.41 bits per heavy atom. The van der Waals surface area contributed by atoms with Crippen molar-refractivity contribution in [2.24, 2.45) is 0 Å². The molecule has 1 aromatic heterocycles. The van der Waals surface area contributed by atoms with Gasteiger partial charge < -0.3 is 14.3 Å². The molecule has 1 saturated heterocycles. The lowest BCUT2D eigenvalue weighted by Gasteiger charge is -2.36. The van der Waals surface area contributed by atoms with Gasteiger partial charge in [-0.1, -0.05) is 72.8 Å². The highest BCUT2D eigenvalue weighted by Crippen LogP contribution is 2.46. The molecule has 0 saturated carbocycles. The molecule has 1 N–H and O–H groups in total. The molecule has 188 valence electrons. The standard InChI is InChI=1S/C31H30N2O4/c34-28(35)20-36-27-18-8-14-23-24(27)15-7-16-25(23)33-19-9-17-26(33)31-32-29(21-10-3-1-4-11-21)30(37-31)22-12-5-2-6-13-22/h1-6,8,10-14,18,25-26H,7,9,15-17,19-20H2,(H,34,35)/t25-,26?/m0/s1. The predicted octanol–water partition coefficient (Wildman–Crippen LogP) is 6.69. The fourth-order valence-electron chi connectivity index (χ4n) is 5.89. The highest BCUT2D eigenvalue weighted by Gasteiger charge is 2.38. The number of hydrogen-bond donors (Lipinski definition) is 1. The van der Waals surface area contributed by atoms with Gasteiger partial charge in [-0.2, -0.15) is 0 Å². The minimum atomic E-state index is -0.961. The minimum absolute atomic E-state index is 0.0828. The number of nitrogens with zero attached hydrogens (tertiary/aromatic N) is 2. The topological polar surface area (TPSA) is 75.8 Å². The number of ether oxygens (including phenoxy) is 1. The molecule has 3 aromatic carbocycles. The van der Waals surface area contributed by atoms with E-state index in [1.807, 2.05) is 48.5 Å². The maximum absolute atomic E-state index is 11.1. The average Bonchev–Trinajstić information content (AvgIpc) is 3.60. The molecule has 0 bridgehead atoms. The molecule has 0 radical (unpaired) electrons. The van der Waals surface area contributed by atoms with Crippen molar-refractivity contribution in [2.75, 3.05) is 13.2 Å². The van der Waals surface area contributed by atoms with Crippen LogP contribution in [-0.4, -0.2) is 34.1 Å². The maximum atomic E-state index is 11.1. The number of rotatable bonds is 7. The second-order valence-corrected chi connectivity index (χ2v) is 9.77. The third-order valence-corrected chi connectivity index (χ3v) is 7.49. The van der Waals surface area contributed by atoms with E-state index in [0.717, 1.165) is 72.7 Å². The van der Waals surface area contributed by atoms with Crippen LogP contribution in [0, 0.1) is 0 Å². The molecule has 1 aliphatic carbocycles. The van der Waals surface area contributed by atoms with E-state index < -0.39 is 5.97 Å². The molecule has 6 nitrogen and oxygen atoms in total. The Kier molecular flexibility index (Phi) is 6.49. The Morgan fingerprint density at radius 1 is 0.919 bits per heavy atom. The van der Waals surface area contributed by atoms with Gasteiger partial charge in [0.2, 0.25) is 5.89 Å². The number of aliphatic carboxylic acids is 1. The highest BCUT2D eigenvalue weighted by atomic mass is 16.5. The summed E-state index contributed by atoms with van der Waals surface area (Å²) in [6, 6.07) is 26.8. The van der Waals surface area contributed by atoms with Gasteiger partial charge in [-0.3, -0.25) is 4.90 Å². The second kappa shape index (κ2) is 10.2. The zero-order chi connectivity index (χ0) is 25.2. The number of carbonyl (C=O) groups is 1. The van der Waals surface area contributed by atoms with E-state index in [9.17, 15) is 4.79 Å². The quantitative estimate of drug-likeness (QED) is 0.309. The zero-order valence-electron chi connectivity index (χ0n) is 20.7. The van der Waals surface area contributed by atoms with E-state index in [-0.39, 0.29) is 18.7 Å². The second-order valence-electron chi connectivity index (χ2n) is 9.77. The summed E-state index contributed by atoms with van der Waals surface area (Å²) in [7, 11) is 0. The summed E-state index contributed by atoms with van der Waals surface area (Å²) in [5, 5.41) is 9.10. The Labute approximate surface area is 216 Å². The van der Waals surface area contributed by atoms with Crippen LogP contribution < -0.4 is 4.74 Å². The summed E-state index contributed by atoms with van der Waals surface area (Å²) in [4.78, 5) is 18.7. The molecule has 1 aliphatic heterocycles. The third-order valence-electron chi connectivity index (χ3n) is 7.49. The number of hydrogen-bond acceptors (Lipinski definition) is 5. The van der Waals surface area contributed by atoms with E-state index in [4.69, 9.17) is 19.2 Å². The van der Waals surface area contributed by atoms with Crippen molar-refractivity contribution in [1.29, 1.82) is 0 Å². The lowest BCUT2D eigenvalue weighted by molar-refractivity contribution is -0.139. The van der Waals surface area contributed by atoms with E-state index in [1.165, 1.54) is 5.56 Å². The number of oxazole rings is 1. The van der Waals surface area contributed by atoms with E-state index in [0.29, 0.717) is 5.75 Å². The van der Waals surface area contributed by atoms with Crippen molar-refractivity contribution in [3.05, 3.63) is 95.9 Å². The summed E-state index contributed by atoms with van der Waals surface area (Å²) < 4.78 is 12.3. The summed E-state index contributed by atoms with van der Waals surface area (Å²) in [6.07, 6.45) is 5.04. The van der Waals surface area contributed by atoms with Crippen LogP contribution in [0.2, 0.25) is 0 Å². The predicted molar refractivity (Wildman–Crippen MR) is 141 cm³/mol. The van der Waals surface area contributed by atoms with Crippen LogP contribution in [0.3, 0.4) is 0 Å². The van der Waals surface area contributed by atoms with Crippen molar-refractivity contribution in [3.63, 3.8) is 0 Å². The van der Waals surface area contributed by atoms with Gasteiger partial charge in [-0.05, 0) is 55.8 Å². The van der Waals surface area contributed by atoms with Crippen molar-refractivity contribution in [3.8, 4) is 28.3 Å². The van der Waals surface area contributed by atoms with Gasteiger partial charge in [0, 0.05) is 17.2 Å². The lowest BCUT2D eigenvalue weighted by Crippen LogP contribution is -2.31. The number of benzene rings is 3. The molecule has 37 heavy (non-hydrogen) atoms. The first kappa shape index (κ1) is 23.5. The van der Waals surface area contributed by atoms with Gasteiger partial charge in [0.15, 0.2) is 12.4 Å². The molecule has 2 aliphatic rings. The Bertz CT molecular complexity index is 1330. The van der Waals surface area contributed by atoms with Crippen LogP contribution in [0.15, 0.2) is 83.3 Å². The van der Waals surface area contributed by atoms with Crippen LogP contribution in [0.4, 0.5) is 0 Å². The van der Waals surface area contributed by atoms with Crippen LogP contribution >= 0.6 is 0 Å². The van der Waals surface area contributed by atoms with Crippen LogP contribution in [0.1, 0.15) is 54.8 Å². The molecule has 6 rings (SSSR count). The largest absolute Gasteiger partial charge is 0.482 e. The van der Waals surface area contributed by atoms with Crippen LogP contribution in [-0.2, 0) is 11.2 Å². The maximum Gasteiger partial charge on any atom is 0.341 e. The van der Waals surface area contributed by atoms with Gasteiger partial charge in [0.25, 0.3) is 0 Å².